The molecule has 1 fully saturated rings. The van der Waals surface area contributed by atoms with Crippen molar-refractivity contribution in [1.29, 1.82) is 0 Å². The summed E-state index contributed by atoms with van der Waals surface area (Å²) in [5.74, 6) is 0. The van der Waals surface area contributed by atoms with Gasteiger partial charge in [0.15, 0.2) is 0 Å². The summed E-state index contributed by atoms with van der Waals surface area (Å²) in [7, 11) is 0. The minimum absolute atomic E-state index is 0.231. The Morgan fingerprint density at radius 3 is 2.65 bits per heavy atom. The molecule has 1 aliphatic rings. The highest BCUT2D eigenvalue weighted by atomic mass is 35.5. The van der Waals surface area contributed by atoms with Crippen LogP contribution in [0, 0.1) is 0 Å². The summed E-state index contributed by atoms with van der Waals surface area (Å²) >= 11 is 6.07. The molecule has 2 atom stereocenters. The molecule has 2 aromatic carbocycles. The third kappa shape index (κ3) is 2.01. The van der Waals surface area contributed by atoms with E-state index in [1.807, 2.05) is 18.2 Å². The summed E-state index contributed by atoms with van der Waals surface area (Å²) in [6.45, 7) is 0.826. The zero-order chi connectivity index (χ0) is 13.5. The van der Waals surface area contributed by atoms with Gasteiger partial charge < -0.3 is 9.30 Å². The number of fused-ring (bicyclic) bond motifs is 1. The van der Waals surface area contributed by atoms with Crippen LogP contribution in [0.4, 0.5) is 0 Å². The van der Waals surface area contributed by atoms with Crippen molar-refractivity contribution >= 4 is 22.5 Å². The molecule has 0 bridgehead atoms. The van der Waals surface area contributed by atoms with Gasteiger partial charge in [-0.05, 0) is 29.8 Å². The highest BCUT2D eigenvalue weighted by Crippen LogP contribution is 2.34. The van der Waals surface area contributed by atoms with Gasteiger partial charge >= 0.3 is 0 Å². The number of hydrogen-bond donors (Lipinski definition) is 0. The van der Waals surface area contributed by atoms with Crippen LogP contribution in [0.5, 0.6) is 0 Å². The molecule has 3 heteroatoms. The van der Waals surface area contributed by atoms with Crippen LogP contribution in [0.15, 0.2) is 60.8 Å². The first-order valence-electron chi connectivity index (χ1n) is 6.75. The van der Waals surface area contributed by atoms with E-state index in [0.717, 1.165) is 11.6 Å². The molecule has 100 valence electrons. The maximum absolute atomic E-state index is 6.07. The lowest BCUT2D eigenvalue weighted by Gasteiger charge is -2.18. The summed E-state index contributed by atoms with van der Waals surface area (Å²) in [6, 6.07) is 18.9. The maximum Gasteiger partial charge on any atom is 0.106 e. The number of rotatable bonds is 3. The van der Waals surface area contributed by atoms with Crippen LogP contribution in [-0.2, 0) is 4.74 Å². The molecule has 0 N–H and O–H groups in total. The maximum atomic E-state index is 6.07. The van der Waals surface area contributed by atoms with Gasteiger partial charge in [-0.25, -0.2) is 0 Å². The van der Waals surface area contributed by atoms with Crippen molar-refractivity contribution in [2.75, 3.05) is 6.61 Å². The number of epoxide rings is 1. The first kappa shape index (κ1) is 12.0. The van der Waals surface area contributed by atoms with Crippen molar-refractivity contribution in [2.45, 2.75) is 12.1 Å². The van der Waals surface area contributed by atoms with Crippen molar-refractivity contribution in [2.24, 2.45) is 0 Å². The van der Waals surface area contributed by atoms with E-state index in [4.69, 9.17) is 16.3 Å². The molecule has 20 heavy (non-hydrogen) atoms. The molecule has 0 saturated carbocycles. The molecular formula is C17H14ClNO. The van der Waals surface area contributed by atoms with Gasteiger partial charge in [-0.15, -0.1) is 0 Å². The molecule has 1 aromatic heterocycles. The topological polar surface area (TPSA) is 17.5 Å². The Kier molecular flexibility index (Phi) is 2.79. The van der Waals surface area contributed by atoms with Crippen molar-refractivity contribution in [1.82, 2.24) is 4.57 Å². The number of hydrogen-bond acceptors (Lipinski definition) is 1. The fourth-order valence-corrected chi connectivity index (χ4v) is 3.00. The Bertz CT molecular complexity index is 746. The van der Waals surface area contributed by atoms with E-state index in [0.29, 0.717) is 0 Å². The summed E-state index contributed by atoms with van der Waals surface area (Å²) < 4.78 is 7.86. The predicted octanol–water partition coefficient (Wildman–Crippen LogP) is 4.28. The number of nitrogens with zero attached hydrogens (tertiary/aromatic N) is 1. The van der Waals surface area contributed by atoms with E-state index in [2.05, 4.69) is 47.2 Å². The van der Waals surface area contributed by atoms with Gasteiger partial charge in [0, 0.05) is 22.1 Å². The lowest BCUT2D eigenvalue weighted by atomic mass is 10.0. The minimum atomic E-state index is 0.231. The van der Waals surface area contributed by atoms with Crippen molar-refractivity contribution in [3.05, 3.63) is 71.4 Å². The van der Waals surface area contributed by atoms with Crippen LogP contribution in [0.2, 0.25) is 5.02 Å². The monoisotopic (exact) mass is 283 g/mol. The van der Waals surface area contributed by atoms with Gasteiger partial charge in [0.25, 0.3) is 0 Å². The van der Waals surface area contributed by atoms with Crippen LogP contribution < -0.4 is 0 Å². The van der Waals surface area contributed by atoms with Crippen LogP contribution in [0.25, 0.3) is 10.9 Å². The summed E-state index contributed by atoms with van der Waals surface area (Å²) in [4.78, 5) is 0. The highest BCUT2D eigenvalue weighted by Gasteiger charge is 2.35. The van der Waals surface area contributed by atoms with Crippen molar-refractivity contribution in [3.8, 4) is 0 Å². The van der Waals surface area contributed by atoms with E-state index in [-0.39, 0.29) is 12.1 Å². The van der Waals surface area contributed by atoms with E-state index in [1.54, 1.807) is 0 Å². The molecule has 0 aliphatic carbocycles. The molecule has 2 heterocycles. The fraction of sp³-hybridized carbons (Fsp3) is 0.176. The average Bonchev–Trinajstić information content (AvgIpc) is 3.22. The molecule has 2 nitrogen and oxygen atoms in total. The standard InChI is InChI=1S/C17H14ClNO/c18-14-6-7-15-13(10-14)8-9-19(15)17(16-11-20-16)12-4-2-1-3-5-12/h1-10,16-17H,11H2. The van der Waals surface area contributed by atoms with Gasteiger partial charge in [-0.3, -0.25) is 0 Å². The predicted molar refractivity (Wildman–Crippen MR) is 81.3 cm³/mol. The third-order valence-electron chi connectivity index (χ3n) is 3.83. The van der Waals surface area contributed by atoms with E-state index in [9.17, 15) is 0 Å². The zero-order valence-corrected chi connectivity index (χ0v) is 11.6. The first-order chi connectivity index (χ1) is 9.83. The number of halogens is 1. The molecule has 1 aliphatic heterocycles. The number of benzene rings is 2. The Morgan fingerprint density at radius 2 is 1.90 bits per heavy atom. The zero-order valence-electron chi connectivity index (χ0n) is 10.9. The molecule has 2 unspecified atom stereocenters. The molecule has 0 spiro atoms. The average molecular weight is 284 g/mol. The molecule has 0 amide bonds. The molecule has 1 saturated heterocycles. The van der Waals surface area contributed by atoms with Crippen molar-refractivity contribution < 1.29 is 4.74 Å². The second kappa shape index (κ2) is 4.65. The van der Waals surface area contributed by atoms with Gasteiger partial charge in [0.05, 0.1) is 12.6 Å². The molecule has 3 aromatic rings. The quantitative estimate of drug-likeness (QED) is 0.656. The van der Waals surface area contributed by atoms with Crippen LogP contribution in [0.1, 0.15) is 11.6 Å². The van der Waals surface area contributed by atoms with Gasteiger partial charge in [0.1, 0.15) is 6.10 Å². The fourth-order valence-electron chi connectivity index (χ4n) is 2.82. The largest absolute Gasteiger partial charge is 0.370 e. The lowest BCUT2D eigenvalue weighted by molar-refractivity contribution is 0.356. The van der Waals surface area contributed by atoms with Crippen LogP contribution in [-0.4, -0.2) is 17.3 Å². The van der Waals surface area contributed by atoms with Gasteiger partial charge in [0.2, 0.25) is 0 Å². The second-order valence-corrected chi connectivity index (χ2v) is 5.59. The van der Waals surface area contributed by atoms with Gasteiger partial charge in [-0.1, -0.05) is 41.9 Å². The second-order valence-electron chi connectivity index (χ2n) is 5.15. The Labute approximate surface area is 122 Å². The third-order valence-corrected chi connectivity index (χ3v) is 4.07. The lowest BCUT2D eigenvalue weighted by Crippen LogP contribution is -2.15. The first-order valence-corrected chi connectivity index (χ1v) is 7.13. The van der Waals surface area contributed by atoms with Crippen LogP contribution >= 0.6 is 11.6 Å². The van der Waals surface area contributed by atoms with Crippen molar-refractivity contribution in [3.63, 3.8) is 0 Å². The number of ether oxygens (including phenoxy) is 1. The SMILES string of the molecule is Clc1ccc2c(ccn2C(c2ccccc2)C2CO2)c1. The molecule has 0 radical (unpaired) electrons. The normalized spacial score (nSPS) is 19.1. The highest BCUT2D eigenvalue weighted by molar-refractivity contribution is 6.31. The summed E-state index contributed by atoms with van der Waals surface area (Å²) in [6.07, 6.45) is 2.39. The van der Waals surface area contributed by atoms with E-state index >= 15 is 0 Å². The van der Waals surface area contributed by atoms with Gasteiger partial charge in [-0.2, -0.15) is 0 Å². The summed E-state index contributed by atoms with van der Waals surface area (Å²) in [5.41, 5.74) is 2.47. The summed E-state index contributed by atoms with van der Waals surface area (Å²) in [5, 5.41) is 1.94. The molecule has 4 rings (SSSR count). The number of aromatic nitrogens is 1. The Balaban J connectivity index is 1.87. The van der Waals surface area contributed by atoms with E-state index in [1.165, 1.54) is 16.5 Å². The van der Waals surface area contributed by atoms with E-state index < -0.39 is 0 Å². The molecular weight excluding hydrogens is 270 g/mol. The minimum Gasteiger partial charge on any atom is -0.370 e. The smallest absolute Gasteiger partial charge is 0.106 e. The Hall–Kier alpha value is -1.77. The van der Waals surface area contributed by atoms with Crippen LogP contribution in [0.3, 0.4) is 0 Å². The Morgan fingerprint density at radius 1 is 1.10 bits per heavy atom.